The van der Waals surface area contributed by atoms with Crippen molar-refractivity contribution in [2.45, 2.75) is 57.0 Å². The number of esters is 1. The first-order valence-electron chi connectivity index (χ1n) is 13.3. The molecule has 0 spiro atoms. The van der Waals surface area contributed by atoms with Crippen LogP contribution in [0.4, 0.5) is 0 Å². The monoisotopic (exact) mass is 589 g/mol. The van der Waals surface area contributed by atoms with Gasteiger partial charge in [-0.05, 0) is 0 Å². The second kappa shape index (κ2) is 10.4. The fraction of sp³-hybridized carbons (Fsp3) is 0.560. The molecule has 4 aromatic heterocycles. The third-order valence-corrected chi connectivity index (χ3v) is 8.68. The average Bonchev–Trinajstić information content (AvgIpc) is 3.61. The summed E-state index contributed by atoms with van der Waals surface area (Å²) in [4.78, 5) is 72.6. The van der Waals surface area contributed by atoms with Gasteiger partial charge in [0.25, 0.3) is 11.1 Å². The predicted octanol–water partition coefficient (Wildman–Crippen LogP) is -5.99. The molecule has 2 unspecified atom stereocenters. The Morgan fingerprint density at radius 1 is 0.829 bits per heavy atom. The molecule has 2 aliphatic heterocycles. The van der Waals surface area contributed by atoms with Gasteiger partial charge in [-0.15, -0.1) is 0 Å². The molecule has 2 saturated heterocycles. The molecule has 0 radical (unpaired) electrons. The summed E-state index contributed by atoms with van der Waals surface area (Å²) in [7, 11) is 6.00. The van der Waals surface area contributed by atoms with E-state index in [1.54, 1.807) is 13.4 Å². The van der Waals surface area contributed by atoms with Crippen LogP contribution in [0.3, 0.4) is 0 Å². The Bertz CT molecular complexity index is 1900. The SMILES string of the molecule is Cn1c(=O)c2c(ncn2CC[NH+]2C3CCC2CC(OC(=O)Cn2cnc4c2c(=O)n(C)c(=O)n4C)C3)n(C)c1=O.[Cl-]. The van der Waals surface area contributed by atoms with Gasteiger partial charge in [0.05, 0.1) is 37.8 Å². The number of hydrogen-bond donors (Lipinski definition) is 1. The summed E-state index contributed by atoms with van der Waals surface area (Å²) in [6, 6.07) is 0.656. The fourth-order valence-corrected chi connectivity index (χ4v) is 6.58. The molecule has 0 aliphatic carbocycles. The zero-order chi connectivity index (χ0) is 28.5. The number of hydrogen-bond acceptors (Lipinski definition) is 8. The molecule has 2 aliphatic rings. The van der Waals surface area contributed by atoms with Crippen molar-refractivity contribution in [1.29, 1.82) is 0 Å². The van der Waals surface area contributed by atoms with Crippen molar-refractivity contribution < 1.29 is 26.8 Å². The van der Waals surface area contributed by atoms with Gasteiger partial charge in [0, 0.05) is 53.9 Å². The smallest absolute Gasteiger partial charge is 0.332 e. The Hall–Kier alpha value is -3.98. The average molecular weight is 590 g/mol. The van der Waals surface area contributed by atoms with Crippen LogP contribution in [-0.4, -0.2) is 68.1 Å². The van der Waals surface area contributed by atoms with Gasteiger partial charge in [0.15, 0.2) is 22.3 Å². The number of carbonyl (C=O) groups excluding carboxylic acids is 1. The van der Waals surface area contributed by atoms with Crippen molar-refractivity contribution in [1.82, 2.24) is 37.4 Å². The number of aryl methyl sites for hydroxylation is 2. The molecule has 2 fully saturated rings. The number of halogens is 1. The topological polar surface area (TPSA) is 154 Å². The van der Waals surface area contributed by atoms with Crippen LogP contribution in [-0.2, 0) is 50.8 Å². The lowest BCUT2D eigenvalue weighted by molar-refractivity contribution is -0.942. The number of aromatic nitrogens is 8. The van der Waals surface area contributed by atoms with Crippen LogP contribution in [0.5, 0.6) is 0 Å². The summed E-state index contributed by atoms with van der Waals surface area (Å²) in [5.74, 6) is -0.450. The van der Waals surface area contributed by atoms with Crippen LogP contribution in [0.15, 0.2) is 31.8 Å². The van der Waals surface area contributed by atoms with Crippen LogP contribution >= 0.6 is 0 Å². The van der Waals surface area contributed by atoms with Gasteiger partial charge < -0.3 is 31.2 Å². The Morgan fingerprint density at radius 2 is 1.32 bits per heavy atom. The predicted molar refractivity (Wildman–Crippen MR) is 142 cm³/mol. The van der Waals surface area contributed by atoms with E-state index in [1.807, 2.05) is 4.57 Å². The molecule has 0 amide bonds. The first kappa shape index (κ1) is 28.5. The Kier molecular flexibility index (Phi) is 7.27. The van der Waals surface area contributed by atoms with Crippen molar-refractivity contribution in [3.8, 4) is 0 Å². The summed E-state index contributed by atoms with van der Waals surface area (Å²) in [5, 5.41) is 0. The second-order valence-electron chi connectivity index (χ2n) is 10.9. The van der Waals surface area contributed by atoms with Gasteiger partial charge in [0.1, 0.15) is 12.6 Å². The zero-order valence-electron chi connectivity index (χ0n) is 23.2. The quantitative estimate of drug-likeness (QED) is 0.218. The molecule has 15 nitrogen and oxygen atoms in total. The Labute approximate surface area is 238 Å². The summed E-state index contributed by atoms with van der Waals surface area (Å²) in [5.41, 5.74) is -0.551. The molecule has 4 aromatic rings. The minimum atomic E-state index is -0.510. The highest BCUT2D eigenvalue weighted by atomic mass is 35.5. The summed E-state index contributed by atoms with van der Waals surface area (Å²) < 4.78 is 13.9. The number of ether oxygens (including phenoxy) is 1. The van der Waals surface area contributed by atoms with Crippen molar-refractivity contribution in [2.24, 2.45) is 28.2 Å². The van der Waals surface area contributed by atoms with Gasteiger partial charge in [-0.3, -0.25) is 32.7 Å². The van der Waals surface area contributed by atoms with Crippen LogP contribution in [0, 0.1) is 0 Å². The third kappa shape index (κ3) is 4.52. The molecule has 2 atom stereocenters. The summed E-state index contributed by atoms with van der Waals surface area (Å²) in [6.07, 6.45) is 6.32. The number of piperidine rings is 1. The van der Waals surface area contributed by atoms with E-state index in [1.165, 1.54) is 46.1 Å². The first-order valence-corrected chi connectivity index (χ1v) is 13.3. The summed E-state index contributed by atoms with van der Waals surface area (Å²) in [6.45, 7) is 1.20. The van der Waals surface area contributed by atoms with Crippen LogP contribution < -0.4 is 39.8 Å². The van der Waals surface area contributed by atoms with Gasteiger partial charge in [-0.2, -0.15) is 0 Å². The maximum absolute atomic E-state index is 12.9. The van der Waals surface area contributed by atoms with E-state index >= 15 is 0 Å². The number of nitrogens with one attached hydrogen (secondary N) is 1. The van der Waals surface area contributed by atoms with Crippen molar-refractivity contribution in [3.63, 3.8) is 0 Å². The molecular formula is C25H32ClN9O6. The highest BCUT2D eigenvalue weighted by molar-refractivity contribution is 5.75. The molecule has 0 aromatic carbocycles. The zero-order valence-corrected chi connectivity index (χ0v) is 24.0. The van der Waals surface area contributed by atoms with E-state index in [-0.39, 0.29) is 41.8 Å². The first-order chi connectivity index (χ1) is 19.1. The van der Waals surface area contributed by atoms with Crippen LogP contribution in [0.1, 0.15) is 25.7 Å². The molecule has 16 heteroatoms. The summed E-state index contributed by atoms with van der Waals surface area (Å²) >= 11 is 0. The van der Waals surface area contributed by atoms with E-state index in [2.05, 4.69) is 9.97 Å². The normalized spacial score (nSPS) is 21.9. The molecular weight excluding hydrogens is 558 g/mol. The van der Waals surface area contributed by atoms with Gasteiger partial charge in [0.2, 0.25) is 0 Å². The number of fused-ring (bicyclic) bond motifs is 4. The van der Waals surface area contributed by atoms with Crippen molar-refractivity contribution in [2.75, 3.05) is 6.54 Å². The highest BCUT2D eigenvalue weighted by Crippen LogP contribution is 2.25. The maximum atomic E-state index is 12.9. The number of carbonyl (C=O) groups is 1. The lowest BCUT2D eigenvalue weighted by atomic mass is 9.99. The van der Waals surface area contributed by atoms with Gasteiger partial charge in [-0.25, -0.2) is 19.6 Å². The lowest BCUT2D eigenvalue weighted by Crippen LogP contribution is -3.18. The number of nitrogens with zero attached hydrogens (tertiary/aromatic N) is 8. The van der Waals surface area contributed by atoms with Crippen LogP contribution in [0.25, 0.3) is 22.3 Å². The Balaban J connectivity index is 0.00000337. The third-order valence-electron chi connectivity index (χ3n) is 8.68. The van der Waals surface area contributed by atoms with Gasteiger partial charge >= 0.3 is 17.3 Å². The molecule has 41 heavy (non-hydrogen) atoms. The maximum Gasteiger partial charge on any atom is 0.332 e. The molecule has 1 N–H and O–H groups in total. The van der Waals surface area contributed by atoms with E-state index in [0.717, 1.165) is 41.4 Å². The fourth-order valence-electron chi connectivity index (χ4n) is 6.58. The molecule has 2 bridgehead atoms. The molecule has 6 heterocycles. The number of rotatable bonds is 6. The van der Waals surface area contributed by atoms with Crippen LogP contribution in [0.2, 0.25) is 0 Å². The second-order valence-corrected chi connectivity index (χ2v) is 10.9. The van der Waals surface area contributed by atoms with E-state index < -0.39 is 22.9 Å². The van der Waals surface area contributed by atoms with Gasteiger partial charge in [-0.1, -0.05) is 0 Å². The van der Waals surface area contributed by atoms with Crippen molar-refractivity contribution >= 4 is 28.3 Å². The lowest BCUT2D eigenvalue weighted by Gasteiger charge is -2.35. The number of quaternary nitrogens is 1. The standard InChI is InChI=1S/C25H31N9O6.ClH/c1-28-20-18(22(36)30(3)24(28)38)32(12-26-20)7-8-34-14-5-6-15(34)10-16(9-14)40-17(35)11-33-13-27-21-19(33)23(37)31(4)25(39)29(21)2;/h12-16H,5-11H2,1-4H3;1H. The molecule has 0 saturated carbocycles. The molecule has 6 rings (SSSR count). The van der Waals surface area contributed by atoms with E-state index in [4.69, 9.17) is 4.74 Å². The largest absolute Gasteiger partial charge is 1.00 e. The minimum Gasteiger partial charge on any atom is -1.00 e. The minimum absolute atomic E-state index is 0. The molecule has 220 valence electrons. The Morgan fingerprint density at radius 3 is 1.85 bits per heavy atom. The van der Waals surface area contributed by atoms with E-state index in [9.17, 15) is 24.0 Å². The number of imidazole rings is 2. The van der Waals surface area contributed by atoms with Crippen molar-refractivity contribution in [3.05, 3.63) is 54.3 Å². The van der Waals surface area contributed by atoms with E-state index in [0.29, 0.717) is 29.8 Å². The highest BCUT2D eigenvalue weighted by Gasteiger charge is 2.45.